The van der Waals surface area contributed by atoms with E-state index < -0.39 is 4.92 Å². The molecule has 4 rings (SSSR count). The van der Waals surface area contributed by atoms with Crippen LogP contribution in [0.15, 0.2) is 42.5 Å². The molecule has 1 heterocycles. The van der Waals surface area contributed by atoms with Crippen molar-refractivity contribution in [2.75, 3.05) is 0 Å². The van der Waals surface area contributed by atoms with Gasteiger partial charge in [0.2, 0.25) is 0 Å². The van der Waals surface area contributed by atoms with Crippen LogP contribution in [-0.2, 0) is 7.05 Å². The second kappa shape index (κ2) is 3.79. The Kier molecular flexibility index (Phi) is 2.14. The fourth-order valence-electron chi connectivity index (χ4n) is 3.11. The van der Waals surface area contributed by atoms with Crippen molar-refractivity contribution >= 4 is 22.4 Å². The number of nitro benzene ring substituents is 1. The minimum Gasteiger partial charge on any atom is -0.343 e. The monoisotopic (exact) mass is 278 g/mol. The Balaban J connectivity index is 2.13. The fourth-order valence-corrected chi connectivity index (χ4v) is 3.11. The average Bonchev–Trinajstić information content (AvgIpc) is 2.95. The van der Waals surface area contributed by atoms with Crippen LogP contribution in [0.25, 0.3) is 22.2 Å². The molecule has 2 aromatic carbocycles. The zero-order valence-electron chi connectivity index (χ0n) is 11.2. The van der Waals surface area contributed by atoms with Gasteiger partial charge >= 0.3 is 0 Å². The summed E-state index contributed by atoms with van der Waals surface area (Å²) in [4.78, 5) is 23.1. The zero-order chi connectivity index (χ0) is 14.7. The molecule has 5 nitrogen and oxygen atoms in total. The van der Waals surface area contributed by atoms with Gasteiger partial charge in [0, 0.05) is 41.2 Å². The van der Waals surface area contributed by atoms with Crippen molar-refractivity contribution in [3.05, 3.63) is 63.7 Å². The molecule has 0 spiro atoms. The standard InChI is InChI=1S/C16H10N2O3/c1-17-13-5-3-2-4-11(13)14-15(17)12-8-9(18(20)21)6-7-10(12)16(14)19/h2-8H,1H3. The minimum atomic E-state index is -0.439. The lowest BCUT2D eigenvalue weighted by Gasteiger charge is -2.04. The van der Waals surface area contributed by atoms with E-state index in [4.69, 9.17) is 0 Å². The van der Waals surface area contributed by atoms with E-state index in [-0.39, 0.29) is 11.5 Å². The number of ketones is 1. The summed E-state index contributed by atoms with van der Waals surface area (Å²) >= 11 is 0. The van der Waals surface area contributed by atoms with Crippen LogP contribution < -0.4 is 0 Å². The smallest absolute Gasteiger partial charge is 0.270 e. The van der Waals surface area contributed by atoms with Crippen LogP contribution in [0.3, 0.4) is 0 Å². The molecule has 0 saturated carbocycles. The predicted octanol–water partition coefficient (Wildman–Crippen LogP) is 3.30. The van der Waals surface area contributed by atoms with E-state index in [1.807, 2.05) is 35.9 Å². The third-order valence-corrected chi connectivity index (χ3v) is 4.05. The maximum absolute atomic E-state index is 12.6. The van der Waals surface area contributed by atoms with Gasteiger partial charge in [0.25, 0.3) is 5.69 Å². The summed E-state index contributed by atoms with van der Waals surface area (Å²) in [6, 6.07) is 12.1. The fraction of sp³-hybridized carbons (Fsp3) is 0.0625. The number of rotatable bonds is 1. The molecule has 0 N–H and O–H groups in total. The van der Waals surface area contributed by atoms with E-state index >= 15 is 0 Å². The van der Waals surface area contributed by atoms with Crippen molar-refractivity contribution in [3.8, 4) is 11.3 Å². The first-order valence-corrected chi connectivity index (χ1v) is 6.50. The Bertz CT molecular complexity index is 954. The Morgan fingerprint density at radius 1 is 1.10 bits per heavy atom. The minimum absolute atomic E-state index is 0.000318. The molecule has 3 aromatic rings. The Morgan fingerprint density at radius 3 is 2.62 bits per heavy atom. The van der Waals surface area contributed by atoms with Gasteiger partial charge in [-0.1, -0.05) is 18.2 Å². The van der Waals surface area contributed by atoms with Crippen molar-refractivity contribution in [1.29, 1.82) is 0 Å². The first kappa shape index (κ1) is 11.8. The first-order valence-electron chi connectivity index (χ1n) is 6.50. The van der Waals surface area contributed by atoms with Gasteiger partial charge < -0.3 is 4.57 Å². The van der Waals surface area contributed by atoms with Crippen molar-refractivity contribution in [2.45, 2.75) is 0 Å². The van der Waals surface area contributed by atoms with E-state index in [1.54, 1.807) is 6.07 Å². The topological polar surface area (TPSA) is 65.1 Å². The molecule has 0 saturated heterocycles. The third kappa shape index (κ3) is 1.37. The average molecular weight is 278 g/mol. The molecular formula is C16H10N2O3. The SMILES string of the molecule is Cn1c2c(c3ccccc31)C(=O)c1ccc([N+](=O)[O-])cc1-2. The number of carbonyl (C=O) groups excluding carboxylic acids is 1. The van der Waals surface area contributed by atoms with Gasteiger partial charge in [0.15, 0.2) is 5.78 Å². The molecule has 0 atom stereocenters. The van der Waals surface area contributed by atoms with Crippen molar-refractivity contribution in [1.82, 2.24) is 4.57 Å². The lowest BCUT2D eigenvalue weighted by atomic mass is 10.1. The van der Waals surface area contributed by atoms with Crippen LogP contribution in [0, 0.1) is 10.1 Å². The summed E-state index contributed by atoms with van der Waals surface area (Å²) in [6.45, 7) is 0. The van der Waals surface area contributed by atoms with Gasteiger partial charge in [-0.15, -0.1) is 0 Å². The number of hydrogen-bond donors (Lipinski definition) is 0. The summed E-state index contributed by atoms with van der Waals surface area (Å²) in [5, 5.41) is 11.9. The number of nitro groups is 1. The van der Waals surface area contributed by atoms with Crippen molar-refractivity contribution < 1.29 is 9.72 Å². The normalized spacial score (nSPS) is 12.5. The molecule has 0 bridgehead atoms. The number of fused-ring (bicyclic) bond motifs is 5. The number of nitrogens with zero attached hydrogens (tertiary/aromatic N) is 2. The van der Waals surface area contributed by atoms with Gasteiger partial charge in [-0.2, -0.15) is 0 Å². The lowest BCUT2D eigenvalue weighted by molar-refractivity contribution is -0.384. The molecule has 5 heteroatoms. The van der Waals surface area contributed by atoms with Crippen molar-refractivity contribution in [3.63, 3.8) is 0 Å². The quantitative estimate of drug-likeness (QED) is 0.396. The summed E-state index contributed by atoms with van der Waals surface area (Å²) in [6.07, 6.45) is 0. The largest absolute Gasteiger partial charge is 0.343 e. The third-order valence-electron chi connectivity index (χ3n) is 4.05. The van der Waals surface area contributed by atoms with Gasteiger partial charge in [-0.05, 0) is 12.1 Å². The van der Waals surface area contributed by atoms with Crippen LogP contribution in [0.5, 0.6) is 0 Å². The molecule has 0 amide bonds. The molecule has 0 aliphatic heterocycles. The number of carbonyl (C=O) groups is 1. The van der Waals surface area contributed by atoms with Crippen molar-refractivity contribution in [2.24, 2.45) is 7.05 Å². The molecule has 21 heavy (non-hydrogen) atoms. The highest BCUT2D eigenvalue weighted by molar-refractivity contribution is 6.27. The highest BCUT2D eigenvalue weighted by Crippen LogP contribution is 2.43. The molecule has 1 aliphatic rings. The maximum atomic E-state index is 12.6. The van der Waals surface area contributed by atoms with Crippen LogP contribution in [0.4, 0.5) is 5.69 Å². The zero-order valence-corrected chi connectivity index (χ0v) is 11.2. The Labute approximate surface area is 119 Å². The Hall–Kier alpha value is -2.95. The molecule has 1 aromatic heterocycles. The molecular weight excluding hydrogens is 268 g/mol. The van der Waals surface area contributed by atoms with E-state index in [0.29, 0.717) is 16.7 Å². The molecule has 102 valence electrons. The van der Waals surface area contributed by atoms with E-state index in [2.05, 4.69) is 0 Å². The number of benzene rings is 2. The molecule has 0 unspecified atom stereocenters. The summed E-state index contributed by atoms with van der Waals surface area (Å²) in [7, 11) is 1.88. The van der Waals surface area contributed by atoms with E-state index in [9.17, 15) is 14.9 Å². The van der Waals surface area contributed by atoms with Crippen LogP contribution in [-0.4, -0.2) is 15.3 Å². The number of hydrogen-bond acceptors (Lipinski definition) is 3. The summed E-state index contributed by atoms with van der Waals surface area (Å²) in [5.74, 6) is -0.0632. The van der Waals surface area contributed by atoms with Crippen LogP contribution in [0.2, 0.25) is 0 Å². The number of non-ortho nitro benzene ring substituents is 1. The molecule has 0 fully saturated rings. The predicted molar refractivity (Wildman–Crippen MR) is 78.4 cm³/mol. The molecule has 1 aliphatic carbocycles. The number of aryl methyl sites for hydroxylation is 1. The highest BCUT2D eigenvalue weighted by atomic mass is 16.6. The van der Waals surface area contributed by atoms with Crippen LogP contribution >= 0.6 is 0 Å². The lowest BCUT2D eigenvalue weighted by Crippen LogP contribution is -1.96. The van der Waals surface area contributed by atoms with Gasteiger partial charge in [-0.3, -0.25) is 14.9 Å². The second-order valence-electron chi connectivity index (χ2n) is 5.12. The van der Waals surface area contributed by atoms with Gasteiger partial charge in [-0.25, -0.2) is 0 Å². The maximum Gasteiger partial charge on any atom is 0.270 e. The number of aromatic nitrogens is 1. The summed E-state index contributed by atoms with van der Waals surface area (Å²) in [5.41, 5.74) is 3.53. The second-order valence-corrected chi connectivity index (χ2v) is 5.12. The molecule has 0 radical (unpaired) electrons. The van der Waals surface area contributed by atoms with Gasteiger partial charge in [0.1, 0.15) is 0 Å². The summed E-state index contributed by atoms with van der Waals surface area (Å²) < 4.78 is 1.93. The Morgan fingerprint density at radius 2 is 1.86 bits per heavy atom. The first-order chi connectivity index (χ1) is 10.1. The van der Waals surface area contributed by atoms with E-state index in [0.717, 1.165) is 16.6 Å². The van der Waals surface area contributed by atoms with E-state index in [1.165, 1.54) is 12.1 Å². The van der Waals surface area contributed by atoms with Crippen LogP contribution in [0.1, 0.15) is 15.9 Å². The highest BCUT2D eigenvalue weighted by Gasteiger charge is 2.33. The van der Waals surface area contributed by atoms with Gasteiger partial charge in [0.05, 0.1) is 16.2 Å². The number of para-hydroxylation sites is 1.